The summed E-state index contributed by atoms with van der Waals surface area (Å²) in [6.45, 7) is -0.167. The van der Waals surface area contributed by atoms with E-state index in [0.717, 1.165) is 0 Å². The summed E-state index contributed by atoms with van der Waals surface area (Å²) < 4.78 is 9.84. The Morgan fingerprint density at radius 1 is 0.889 bits per heavy atom. The van der Waals surface area contributed by atoms with Crippen LogP contribution in [-0.2, 0) is 9.47 Å². The molecular weight excluding hydrogens is 240 g/mol. The van der Waals surface area contributed by atoms with Crippen molar-refractivity contribution in [3.05, 3.63) is 35.4 Å². The second-order valence-electron chi connectivity index (χ2n) is 4.19. The molecule has 1 aromatic rings. The summed E-state index contributed by atoms with van der Waals surface area (Å²) in [6, 6.07) is 5.90. The summed E-state index contributed by atoms with van der Waals surface area (Å²) in [5.41, 5.74) is 0.0281. The highest BCUT2D eigenvalue weighted by atomic mass is 16.7. The van der Waals surface area contributed by atoms with E-state index in [-0.39, 0.29) is 24.3 Å². The molecule has 0 amide bonds. The molecule has 1 aromatic carbocycles. The topological polar surface area (TPSA) is 93.1 Å². The molecule has 0 aromatic heterocycles. The standard InChI is InChI=1S/C12H10O6/c13-9-7-3-1-2-4-8(7)10(14)12(16)11(9,15)17-5-6-18-12/h1-4,15-16H,5-6H2. The number of rotatable bonds is 0. The Hall–Kier alpha value is -1.60. The predicted octanol–water partition coefficient (Wildman–Crippen LogP) is -0.510. The zero-order valence-electron chi connectivity index (χ0n) is 9.25. The number of ether oxygens (including phenoxy) is 2. The first-order chi connectivity index (χ1) is 8.51. The van der Waals surface area contributed by atoms with Gasteiger partial charge in [0.15, 0.2) is 0 Å². The van der Waals surface area contributed by atoms with Gasteiger partial charge in [-0.05, 0) is 0 Å². The van der Waals surface area contributed by atoms with E-state index in [0.29, 0.717) is 0 Å². The number of benzene rings is 1. The number of hydrogen-bond acceptors (Lipinski definition) is 6. The number of aliphatic hydroxyl groups is 2. The van der Waals surface area contributed by atoms with Crippen LogP contribution in [0.4, 0.5) is 0 Å². The van der Waals surface area contributed by atoms with Crippen LogP contribution in [0.15, 0.2) is 24.3 Å². The van der Waals surface area contributed by atoms with Crippen molar-refractivity contribution in [2.45, 2.75) is 11.6 Å². The molecule has 0 saturated carbocycles. The second kappa shape index (κ2) is 3.46. The zero-order valence-corrected chi connectivity index (χ0v) is 9.25. The number of carbonyl (C=O) groups is 2. The molecule has 94 valence electrons. The Morgan fingerprint density at radius 3 is 1.67 bits per heavy atom. The summed E-state index contributed by atoms with van der Waals surface area (Å²) in [6.07, 6.45) is 0. The van der Waals surface area contributed by atoms with Crippen LogP contribution < -0.4 is 0 Å². The lowest BCUT2D eigenvalue weighted by atomic mass is 9.80. The van der Waals surface area contributed by atoms with Crippen LogP contribution in [0, 0.1) is 0 Å². The van der Waals surface area contributed by atoms with Gasteiger partial charge in [-0.3, -0.25) is 9.59 Å². The average molecular weight is 250 g/mol. The molecule has 2 aliphatic rings. The number of fused-ring (bicyclic) bond motifs is 2. The minimum atomic E-state index is -2.67. The summed E-state index contributed by atoms with van der Waals surface area (Å²) in [7, 11) is 0. The van der Waals surface area contributed by atoms with Crippen LogP contribution in [0.3, 0.4) is 0 Å². The Labute approximate surface area is 102 Å². The van der Waals surface area contributed by atoms with Crippen LogP contribution in [0.25, 0.3) is 0 Å². The molecule has 18 heavy (non-hydrogen) atoms. The van der Waals surface area contributed by atoms with Crippen LogP contribution in [0.5, 0.6) is 0 Å². The normalized spacial score (nSPS) is 35.0. The molecule has 3 rings (SSSR count). The van der Waals surface area contributed by atoms with Crippen molar-refractivity contribution in [1.82, 2.24) is 0 Å². The van der Waals surface area contributed by atoms with Crippen molar-refractivity contribution in [2.24, 2.45) is 0 Å². The van der Waals surface area contributed by atoms with Crippen molar-refractivity contribution >= 4 is 11.6 Å². The highest BCUT2D eigenvalue weighted by Gasteiger charge is 2.67. The molecule has 6 heteroatoms. The molecule has 2 atom stereocenters. The van der Waals surface area contributed by atoms with Crippen LogP contribution in [0.2, 0.25) is 0 Å². The summed E-state index contributed by atoms with van der Waals surface area (Å²) in [5, 5.41) is 20.3. The van der Waals surface area contributed by atoms with Gasteiger partial charge in [-0.1, -0.05) is 24.3 Å². The van der Waals surface area contributed by atoms with E-state index < -0.39 is 23.1 Å². The monoisotopic (exact) mass is 250 g/mol. The fourth-order valence-electron chi connectivity index (χ4n) is 2.26. The molecule has 1 fully saturated rings. The van der Waals surface area contributed by atoms with E-state index >= 15 is 0 Å². The lowest BCUT2D eigenvalue weighted by Crippen LogP contribution is -2.71. The maximum Gasteiger partial charge on any atom is 0.295 e. The maximum atomic E-state index is 12.2. The van der Waals surface area contributed by atoms with E-state index in [4.69, 9.17) is 9.47 Å². The van der Waals surface area contributed by atoms with E-state index in [1.165, 1.54) is 12.1 Å². The van der Waals surface area contributed by atoms with Gasteiger partial charge in [-0.15, -0.1) is 0 Å². The van der Waals surface area contributed by atoms with Gasteiger partial charge in [0, 0.05) is 11.1 Å². The average Bonchev–Trinajstić information content (AvgIpc) is 2.39. The lowest BCUT2D eigenvalue weighted by molar-refractivity contribution is -0.366. The molecule has 1 heterocycles. The Morgan fingerprint density at radius 2 is 1.28 bits per heavy atom. The third-order valence-corrected chi connectivity index (χ3v) is 3.20. The third-order valence-electron chi connectivity index (χ3n) is 3.20. The number of hydrogen-bond donors (Lipinski definition) is 2. The second-order valence-corrected chi connectivity index (χ2v) is 4.19. The van der Waals surface area contributed by atoms with E-state index in [9.17, 15) is 19.8 Å². The summed E-state index contributed by atoms with van der Waals surface area (Å²) in [4.78, 5) is 24.3. The molecule has 2 unspecified atom stereocenters. The van der Waals surface area contributed by atoms with E-state index in [1.807, 2.05) is 0 Å². The first-order valence-electron chi connectivity index (χ1n) is 5.42. The van der Waals surface area contributed by atoms with Crippen LogP contribution >= 0.6 is 0 Å². The van der Waals surface area contributed by atoms with E-state index in [2.05, 4.69) is 0 Å². The quantitative estimate of drug-likeness (QED) is 0.644. The minimum Gasteiger partial charge on any atom is -0.355 e. The maximum absolute atomic E-state index is 12.2. The number of carbonyl (C=O) groups excluding carboxylic acids is 2. The van der Waals surface area contributed by atoms with E-state index in [1.54, 1.807) is 12.1 Å². The predicted molar refractivity (Wildman–Crippen MR) is 56.9 cm³/mol. The Kier molecular flexibility index (Phi) is 2.21. The first-order valence-corrected chi connectivity index (χ1v) is 5.42. The minimum absolute atomic E-state index is 0.0141. The SMILES string of the molecule is O=C1c2ccccc2C(=O)C2(O)OCCOC12O. The van der Waals surface area contributed by atoms with Crippen molar-refractivity contribution in [1.29, 1.82) is 0 Å². The molecule has 1 aliphatic heterocycles. The smallest absolute Gasteiger partial charge is 0.295 e. The van der Waals surface area contributed by atoms with Crippen molar-refractivity contribution in [3.63, 3.8) is 0 Å². The molecule has 1 aliphatic carbocycles. The van der Waals surface area contributed by atoms with Gasteiger partial charge in [-0.2, -0.15) is 0 Å². The fourth-order valence-corrected chi connectivity index (χ4v) is 2.26. The van der Waals surface area contributed by atoms with Gasteiger partial charge in [0.2, 0.25) is 11.6 Å². The highest BCUT2D eigenvalue weighted by molar-refractivity contribution is 6.20. The van der Waals surface area contributed by atoms with Crippen molar-refractivity contribution in [2.75, 3.05) is 13.2 Å². The Bertz CT molecular complexity index is 504. The molecule has 6 nitrogen and oxygen atoms in total. The molecule has 0 spiro atoms. The first kappa shape index (κ1) is 11.5. The van der Waals surface area contributed by atoms with Gasteiger partial charge >= 0.3 is 0 Å². The number of ketones is 2. The van der Waals surface area contributed by atoms with Gasteiger partial charge in [-0.25, -0.2) is 0 Å². The van der Waals surface area contributed by atoms with Gasteiger partial charge < -0.3 is 19.7 Å². The molecule has 0 bridgehead atoms. The fraction of sp³-hybridized carbons (Fsp3) is 0.333. The van der Waals surface area contributed by atoms with Gasteiger partial charge in [0.1, 0.15) is 0 Å². The molecule has 2 N–H and O–H groups in total. The molecule has 1 saturated heterocycles. The summed E-state index contributed by atoms with van der Waals surface area (Å²) >= 11 is 0. The highest BCUT2D eigenvalue weighted by Crippen LogP contribution is 2.40. The number of Topliss-reactive ketones (excluding diaryl/α,β-unsaturated/α-hetero) is 2. The van der Waals surface area contributed by atoms with Crippen molar-refractivity contribution < 1.29 is 29.3 Å². The van der Waals surface area contributed by atoms with Crippen LogP contribution in [-0.4, -0.2) is 46.6 Å². The Balaban J connectivity index is 2.27. The van der Waals surface area contributed by atoms with Gasteiger partial charge in [0.05, 0.1) is 13.2 Å². The lowest BCUT2D eigenvalue weighted by Gasteiger charge is -2.45. The largest absolute Gasteiger partial charge is 0.355 e. The summed E-state index contributed by atoms with van der Waals surface area (Å²) in [5.74, 6) is -7.09. The van der Waals surface area contributed by atoms with Crippen LogP contribution in [0.1, 0.15) is 20.7 Å². The zero-order chi connectivity index (χ0) is 13.0. The molecular formula is C12H10O6. The van der Waals surface area contributed by atoms with Gasteiger partial charge in [0.25, 0.3) is 11.6 Å². The third kappa shape index (κ3) is 1.15. The molecule has 0 radical (unpaired) electrons. The van der Waals surface area contributed by atoms with Crippen molar-refractivity contribution in [3.8, 4) is 0 Å².